The van der Waals surface area contributed by atoms with Gasteiger partial charge in [-0.1, -0.05) is 47.6 Å². The van der Waals surface area contributed by atoms with E-state index < -0.39 is 10.0 Å². The van der Waals surface area contributed by atoms with Crippen molar-refractivity contribution in [3.8, 4) is 22.9 Å². The number of rotatable bonds is 12. The fourth-order valence-corrected chi connectivity index (χ4v) is 5.47. The van der Waals surface area contributed by atoms with Crippen LogP contribution >= 0.6 is 0 Å². The Labute approximate surface area is 256 Å². The van der Waals surface area contributed by atoms with E-state index in [2.05, 4.69) is 20.2 Å². The third-order valence-corrected chi connectivity index (χ3v) is 8.16. The minimum atomic E-state index is -3.79. The average molecular weight is 613 g/mol. The number of carbonyl (C=O) groups is 1. The van der Waals surface area contributed by atoms with Crippen LogP contribution in [0, 0.1) is 13.8 Å². The second-order valence-corrected chi connectivity index (χ2v) is 11.8. The van der Waals surface area contributed by atoms with Crippen molar-refractivity contribution in [1.82, 2.24) is 10.1 Å². The Morgan fingerprint density at radius 1 is 0.909 bits per heavy atom. The summed E-state index contributed by atoms with van der Waals surface area (Å²) >= 11 is 0. The van der Waals surface area contributed by atoms with Crippen molar-refractivity contribution in [2.24, 2.45) is 0 Å². The summed E-state index contributed by atoms with van der Waals surface area (Å²) < 4.78 is 45.1. The first-order chi connectivity index (χ1) is 21.2. The van der Waals surface area contributed by atoms with Crippen LogP contribution in [0.25, 0.3) is 11.4 Å². The standard InChI is InChI=1S/C33H32N4O6S/c1-22-9-10-23(2)28(19-22)37-44(39,40)27-14-12-26(13-15-27)34-31(38)17-18-32-35-33(36-43-32)25-11-16-29(30(20-25)41-3)42-21-24-7-5-4-6-8-24/h4-16,19-20,37H,17-18,21H2,1-3H3,(H,34,38). The smallest absolute Gasteiger partial charge is 0.261 e. The number of aryl methyl sites for hydroxylation is 3. The lowest BCUT2D eigenvalue weighted by Crippen LogP contribution is -2.15. The van der Waals surface area contributed by atoms with Gasteiger partial charge in [-0.3, -0.25) is 9.52 Å². The van der Waals surface area contributed by atoms with E-state index in [-0.39, 0.29) is 23.6 Å². The summed E-state index contributed by atoms with van der Waals surface area (Å²) in [6, 6.07) is 26.7. The molecule has 1 heterocycles. The zero-order chi connectivity index (χ0) is 31.1. The molecule has 0 bridgehead atoms. The fraction of sp³-hybridized carbons (Fsp3) is 0.182. The van der Waals surface area contributed by atoms with Gasteiger partial charge in [-0.25, -0.2) is 8.42 Å². The van der Waals surface area contributed by atoms with E-state index in [9.17, 15) is 13.2 Å². The van der Waals surface area contributed by atoms with Gasteiger partial charge >= 0.3 is 0 Å². The fourth-order valence-electron chi connectivity index (χ4n) is 4.35. The van der Waals surface area contributed by atoms with Gasteiger partial charge in [0, 0.05) is 24.1 Å². The topological polar surface area (TPSA) is 133 Å². The number of hydrogen-bond acceptors (Lipinski definition) is 8. The van der Waals surface area contributed by atoms with Crippen LogP contribution in [-0.4, -0.2) is 31.6 Å². The SMILES string of the molecule is COc1cc(-c2noc(CCC(=O)Nc3ccc(S(=O)(=O)Nc4cc(C)ccc4C)cc3)n2)ccc1OCc1ccccc1. The number of benzene rings is 4. The Morgan fingerprint density at radius 2 is 1.68 bits per heavy atom. The average Bonchev–Trinajstić information content (AvgIpc) is 3.50. The molecule has 11 heteroatoms. The number of nitrogens with one attached hydrogen (secondary N) is 2. The molecule has 0 spiro atoms. The molecule has 0 aliphatic heterocycles. The van der Waals surface area contributed by atoms with Gasteiger partial charge in [0.25, 0.3) is 10.0 Å². The quantitative estimate of drug-likeness (QED) is 0.167. The minimum Gasteiger partial charge on any atom is -0.493 e. The molecule has 5 rings (SSSR count). The molecule has 0 fully saturated rings. The zero-order valence-corrected chi connectivity index (χ0v) is 25.4. The molecule has 1 amide bonds. The lowest BCUT2D eigenvalue weighted by molar-refractivity contribution is -0.116. The molecule has 10 nitrogen and oxygen atoms in total. The van der Waals surface area contributed by atoms with Crippen LogP contribution in [0.15, 0.2) is 100 Å². The third kappa shape index (κ3) is 7.61. The van der Waals surface area contributed by atoms with Gasteiger partial charge in [-0.2, -0.15) is 4.98 Å². The number of amides is 1. The summed E-state index contributed by atoms with van der Waals surface area (Å²) in [7, 11) is -2.23. The van der Waals surface area contributed by atoms with E-state index in [1.165, 1.54) is 12.1 Å². The summed E-state index contributed by atoms with van der Waals surface area (Å²) in [6.07, 6.45) is 0.311. The second kappa shape index (κ2) is 13.4. The van der Waals surface area contributed by atoms with E-state index in [1.54, 1.807) is 37.4 Å². The van der Waals surface area contributed by atoms with Gasteiger partial charge in [0.05, 0.1) is 17.7 Å². The largest absolute Gasteiger partial charge is 0.493 e. The van der Waals surface area contributed by atoms with E-state index >= 15 is 0 Å². The highest BCUT2D eigenvalue weighted by Gasteiger charge is 2.17. The highest BCUT2D eigenvalue weighted by molar-refractivity contribution is 7.92. The summed E-state index contributed by atoms with van der Waals surface area (Å²) in [5.74, 6) is 1.50. The van der Waals surface area contributed by atoms with Crippen molar-refractivity contribution in [1.29, 1.82) is 0 Å². The van der Waals surface area contributed by atoms with E-state index in [0.29, 0.717) is 46.8 Å². The van der Waals surface area contributed by atoms with Crippen molar-refractivity contribution in [2.45, 2.75) is 38.2 Å². The van der Waals surface area contributed by atoms with Gasteiger partial charge in [0.1, 0.15) is 6.61 Å². The number of hydrogen-bond donors (Lipinski definition) is 2. The molecular formula is C33H32N4O6S. The van der Waals surface area contributed by atoms with Crippen LogP contribution in [0.1, 0.15) is 29.0 Å². The first-order valence-corrected chi connectivity index (χ1v) is 15.4. The number of nitrogens with zero attached hydrogens (tertiary/aromatic N) is 2. The summed E-state index contributed by atoms with van der Waals surface area (Å²) in [5, 5.41) is 6.81. The predicted molar refractivity (Wildman–Crippen MR) is 167 cm³/mol. The maximum atomic E-state index is 12.9. The lowest BCUT2D eigenvalue weighted by Gasteiger charge is -2.12. The van der Waals surface area contributed by atoms with E-state index in [4.69, 9.17) is 14.0 Å². The molecule has 0 atom stereocenters. The minimum absolute atomic E-state index is 0.0854. The molecule has 0 saturated carbocycles. The van der Waals surface area contributed by atoms with Gasteiger partial charge in [-0.05, 0) is 79.1 Å². The monoisotopic (exact) mass is 612 g/mol. The third-order valence-electron chi connectivity index (χ3n) is 6.78. The number of carbonyl (C=O) groups excluding carboxylic acids is 1. The molecule has 0 radical (unpaired) electrons. The normalized spacial score (nSPS) is 11.2. The van der Waals surface area contributed by atoms with Crippen molar-refractivity contribution in [3.63, 3.8) is 0 Å². The molecule has 0 unspecified atom stereocenters. The Balaban J connectivity index is 1.15. The molecule has 4 aromatic carbocycles. The molecule has 5 aromatic rings. The summed E-state index contributed by atoms with van der Waals surface area (Å²) in [5.41, 5.74) is 4.47. The first kappa shape index (κ1) is 30.3. The Morgan fingerprint density at radius 3 is 2.43 bits per heavy atom. The molecule has 226 valence electrons. The highest BCUT2D eigenvalue weighted by atomic mass is 32.2. The highest BCUT2D eigenvalue weighted by Crippen LogP contribution is 2.32. The van der Waals surface area contributed by atoms with Crippen molar-refractivity contribution < 1.29 is 27.2 Å². The zero-order valence-electron chi connectivity index (χ0n) is 24.5. The van der Waals surface area contributed by atoms with Crippen LogP contribution in [0.2, 0.25) is 0 Å². The van der Waals surface area contributed by atoms with Gasteiger partial charge < -0.3 is 19.3 Å². The maximum absolute atomic E-state index is 12.9. The van der Waals surface area contributed by atoms with Crippen molar-refractivity contribution in [2.75, 3.05) is 17.1 Å². The van der Waals surface area contributed by atoms with Crippen molar-refractivity contribution in [3.05, 3.63) is 114 Å². The number of ether oxygens (including phenoxy) is 2. The van der Waals surface area contributed by atoms with Crippen LogP contribution in [-0.2, 0) is 27.8 Å². The van der Waals surface area contributed by atoms with Crippen LogP contribution < -0.4 is 19.5 Å². The molecule has 0 saturated heterocycles. The van der Waals surface area contributed by atoms with Gasteiger partial charge in [-0.15, -0.1) is 0 Å². The molecular weight excluding hydrogens is 580 g/mol. The summed E-state index contributed by atoms with van der Waals surface area (Å²) in [6.45, 7) is 4.13. The lowest BCUT2D eigenvalue weighted by atomic mass is 10.1. The van der Waals surface area contributed by atoms with E-state index in [1.807, 2.05) is 62.4 Å². The van der Waals surface area contributed by atoms with Crippen LogP contribution in [0.3, 0.4) is 0 Å². The molecule has 0 aliphatic carbocycles. The van der Waals surface area contributed by atoms with Gasteiger partial charge in [0.2, 0.25) is 17.6 Å². The first-order valence-electron chi connectivity index (χ1n) is 13.9. The van der Waals surface area contributed by atoms with Crippen molar-refractivity contribution >= 4 is 27.3 Å². The van der Waals surface area contributed by atoms with E-state index in [0.717, 1.165) is 16.7 Å². The summed E-state index contributed by atoms with van der Waals surface area (Å²) in [4.78, 5) is 17.1. The second-order valence-electron chi connectivity index (χ2n) is 10.1. The number of anilines is 2. The Hall–Kier alpha value is -5.16. The predicted octanol–water partition coefficient (Wildman–Crippen LogP) is 6.31. The van der Waals surface area contributed by atoms with Crippen LogP contribution in [0.5, 0.6) is 11.5 Å². The molecule has 1 aromatic heterocycles. The van der Waals surface area contributed by atoms with Gasteiger partial charge in [0.15, 0.2) is 11.5 Å². The number of sulfonamides is 1. The molecule has 44 heavy (non-hydrogen) atoms. The Kier molecular flexibility index (Phi) is 9.25. The number of aromatic nitrogens is 2. The number of methoxy groups -OCH3 is 1. The van der Waals surface area contributed by atoms with Crippen LogP contribution in [0.4, 0.5) is 11.4 Å². The maximum Gasteiger partial charge on any atom is 0.261 e. The Bertz CT molecular complexity index is 1860. The molecule has 0 aliphatic rings. The molecule has 2 N–H and O–H groups in total.